The number of aliphatic carboxylic acids is 1. The molecular formula is C13H22N4O2. The van der Waals surface area contributed by atoms with Crippen molar-refractivity contribution in [2.75, 3.05) is 6.54 Å². The van der Waals surface area contributed by atoms with E-state index in [0.717, 1.165) is 37.5 Å². The summed E-state index contributed by atoms with van der Waals surface area (Å²) >= 11 is 0. The van der Waals surface area contributed by atoms with Crippen molar-refractivity contribution in [3.63, 3.8) is 0 Å². The average molecular weight is 266 g/mol. The number of hydrogen-bond donors (Lipinski definition) is 1. The molecule has 1 aliphatic heterocycles. The SMILES string of the molecule is CC(C)(C)N(CC(=O)O)Cc1nnc2n1CCCC2. The summed E-state index contributed by atoms with van der Waals surface area (Å²) in [7, 11) is 0. The van der Waals surface area contributed by atoms with Crippen LogP contribution >= 0.6 is 0 Å². The molecule has 19 heavy (non-hydrogen) atoms. The number of carboxylic acids is 1. The number of carboxylic acid groups (broad SMARTS) is 1. The van der Waals surface area contributed by atoms with E-state index >= 15 is 0 Å². The highest BCUT2D eigenvalue weighted by Crippen LogP contribution is 2.19. The molecule has 1 aliphatic rings. The lowest BCUT2D eigenvalue weighted by Gasteiger charge is -2.34. The van der Waals surface area contributed by atoms with Crippen LogP contribution in [-0.4, -0.2) is 42.8 Å². The van der Waals surface area contributed by atoms with Gasteiger partial charge in [0.05, 0.1) is 13.1 Å². The second kappa shape index (κ2) is 5.28. The van der Waals surface area contributed by atoms with Crippen LogP contribution in [0.3, 0.4) is 0 Å². The fraction of sp³-hybridized carbons (Fsp3) is 0.769. The van der Waals surface area contributed by atoms with Gasteiger partial charge in [0, 0.05) is 18.5 Å². The molecule has 1 N–H and O–H groups in total. The van der Waals surface area contributed by atoms with Crippen molar-refractivity contribution >= 4 is 5.97 Å². The smallest absolute Gasteiger partial charge is 0.317 e. The van der Waals surface area contributed by atoms with E-state index in [1.54, 1.807) is 0 Å². The summed E-state index contributed by atoms with van der Waals surface area (Å²) in [5, 5.41) is 17.5. The lowest BCUT2D eigenvalue weighted by atomic mass is 10.1. The maximum absolute atomic E-state index is 11.0. The molecule has 106 valence electrons. The first-order valence-corrected chi connectivity index (χ1v) is 6.76. The van der Waals surface area contributed by atoms with Crippen molar-refractivity contribution in [1.82, 2.24) is 19.7 Å². The number of fused-ring (bicyclic) bond motifs is 1. The van der Waals surface area contributed by atoms with Gasteiger partial charge in [-0.25, -0.2) is 0 Å². The Hall–Kier alpha value is -1.43. The Balaban J connectivity index is 2.17. The van der Waals surface area contributed by atoms with Crippen LogP contribution in [0.15, 0.2) is 0 Å². The minimum absolute atomic E-state index is 0.0195. The Labute approximate surface area is 113 Å². The zero-order valence-corrected chi connectivity index (χ0v) is 11.9. The molecule has 2 heterocycles. The molecule has 6 nitrogen and oxygen atoms in total. The van der Waals surface area contributed by atoms with Gasteiger partial charge in [0.1, 0.15) is 11.6 Å². The number of aryl methyl sites for hydroxylation is 1. The zero-order chi connectivity index (χ0) is 14.0. The first-order chi connectivity index (χ1) is 8.88. The first kappa shape index (κ1) is 14.0. The van der Waals surface area contributed by atoms with Crippen LogP contribution in [0.2, 0.25) is 0 Å². The molecule has 0 fully saturated rings. The quantitative estimate of drug-likeness (QED) is 0.889. The molecule has 1 aromatic rings. The molecule has 1 aromatic heterocycles. The van der Waals surface area contributed by atoms with Gasteiger partial charge < -0.3 is 9.67 Å². The van der Waals surface area contributed by atoms with Gasteiger partial charge in [-0.3, -0.25) is 9.69 Å². The van der Waals surface area contributed by atoms with E-state index in [4.69, 9.17) is 5.11 Å². The van der Waals surface area contributed by atoms with E-state index in [1.807, 2.05) is 25.7 Å². The maximum Gasteiger partial charge on any atom is 0.317 e. The summed E-state index contributed by atoms with van der Waals surface area (Å²) in [6.07, 6.45) is 3.28. The molecule has 6 heteroatoms. The number of aromatic nitrogens is 3. The predicted octanol–water partition coefficient (Wildman–Crippen LogP) is 1.30. The van der Waals surface area contributed by atoms with Gasteiger partial charge in [0.2, 0.25) is 0 Å². The van der Waals surface area contributed by atoms with Gasteiger partial charge in [-0.2, -0.15) is 0 Å². The van der Waals surface area contributed by atoms with E-state index in [0.29, 0.717) is 6.54 Å². The third-order valence-corrected chi connectivity index (χ3v) is 3.54. The standard InChI is InChI=1S/C13H22N4O2/c1-13(2,3)16(9-12(18)19)8-11-15-14-10-6-4-5-7-17(10)11/h4-9H2,1-3H3,(H,18,19). The molecule has 2 rings (SSSR count). The van der Waals surface area contributed by atoms with Crippen molar-refractivity contribution < 1.29 is 9.90 Å². The van der Waals surface area contributed by atoms with Crippen LogP contribution in [0.1, 0.15) is 45.3 Å². The molecule has 0 saturated heterocycles. The fourth-order valence-corrected chi connectivity index (χ4v) is 2.35. The molecule has 0 atom stereocenters. The highest BCUT2D eigenvalue weighted by atomic mass is 16.4. The number of rotatable bonds is 4. The van der Waals surface area contributed by atoms with Gasteiger partial charge in [0.25, 0.3) is 0 Å². The van der Waals surface area contributed by atoms with Gasteiger partial charge >= 0.3 is 5.97 Å². The Morgan fingerprint density at radius 3 is 2.74 bits per heavy atom. The molecule has 0 amide bonds. The van der Waals surface area contributed by atoms with Crippen molar-refractivity contribution in [2.45, 2.75) is 58.7 Å². The van der Waals surface area contributed by atoms with Gasteiger partial charge in [0.15, 0.2) is 0 Å². The molecular weight excluding hydrogens is 244 g/mol. The zero-order valence-electron chi connectivity index (χ0n) is 11.9. The van der Waals surface area contributed by atoms with Crippen molar-refractivity contribution in [3.05, 3.63) is 11.6 Å². The van der Waals surface area contributed by atoms with E-state index in [-0.39, 0.29) is 12.1 Å². The number of hydrogen-bond acceptors (Lipinski definition) is 4. The summed E-state index contributed by atoms with van der Waals surface area (Å²) in [6.45, 7) is 7.55. The van der Waals surface area contributed by atoms with Crippen LogP contribution in [0.4, 0.5) is 0 Å². The van der Waals surface area contributed by atoms with Gasteiger partial charge in [-0.1, -0.05) is 0 Å². The van der Waals surface area contributed by atoms with Gasteiger partial charge in [-0.15, -0.1) is 10.2 Å². The Morgan fingerprint density at radius 1 is 1.37 bits per heavy atom. The van der Waals surface area contributed by atoms with Crippen molar-refractivity contribution in [3.8, 4) is 0 Å². The Morgan fingerprint density at radius 2 is 2.11 bits per heavy atom. The molecule has 0 aromatic carbocycles. The highest BCUT2D eigenvalue weighted by Gasteiger charge is 2.26. The first-order valence-electron chi connectivity index (χ1n) is 6.76. The minimum atomic E-state index is -0.812. The molecule has 0 aliphatic carbocycles. The van der Waals surface area contributed by atoms with E-state index in [2.05, 4.69) is 14.8 Å². The second-order valence-corrected chi connectivity index (χ2v) is 6.06. The normalized spacial score (nSPS) is 15.6. The van der Waals surface area contributed by atoms with Crippen LogP contribution in [0, 0.1) is 0 Å². The summed E-state index contributed by atoms with van der Waals surface area (Å²) in [5.74, 6) is 1.10. The Bertz CT molecular complexity index is 462. The molecule has 0 radical (unpaired) electrons. The second-order valence-electron chi connectivity index (χ2n) is 6.06. The van der Waals surface area contributed by atoms with E-state index < -0.39 is 5.97 Å². The summed E-state index contributed by atoms with van der Waals surface area (Å²) < 4.78 is 2.14. The third-order valence-electron chi connectivity index (χ3n) is 3.54. The van der Waals surface area contributed by atoms with Crippen LogP contribution < -0.4 is 0 Å². The summed E-state index contributed by atoms with van der Waals surface area (Å²) in [6, 6.07) is 0. The molecule has 0 unspecified atom stereocenters. The topological polar surface area (TPSA) is 71.2 Å². The van der Waals surface area contributed by atoms with Crippen LogP contribution in [0.5, 0.6) is 0 Å². The van der Waals surface area contributed by atoms with Gasteiger partial charge in [-0.05, 0) is 33.6 Å². The molecule has 0 spiro atoms. The summed E-state index contributed by atoms with van der Waals surface area (Å²) in [4.78, 5) is 12.9. The van der Waals surface area contributed by atoms with E-state index in [9.17, 15) is 4.79 Å². The fourth-order valence-electron chi connectivity index (χ4n) is 2.35. The molecule has 0 bridgehead atoms. The van der Waals surface area contributed by atoms with Crippen molar-refractivity contribution in [1.29, 1.82) is 0 Å². The van der Waals surface area contributed by atoms with Crippen molar-refractivity contribution in [2.24, 2.45) is 0 Å². The van der Waals surface area contributed by atoms with Crippen LogP contribution in [-0.2, 0) is 24.3 Å². The highest BCUT2D eigenvalue weighted by molar-refractivity contribution is 5.69. The Kier molecular flexibility index (Phi) is 3.89. The third kappa shape index (κ3) is 3.32. The number of carbonyl (C=O) groups is 1. The number of nitrogens with zero attached hydrogens (tertiary/aromatic N) is 4. The monoisotopic (exact) mass is 266 g/mol. The lowest BCUT2D eigenvalue weighted by molar-refractivity contribution is -0.140. The average Bonchev–Trinajstić information content (AvgIpc) is 2.70. The largest absolute Gasteiger partial charge is 0.480 e. The summed E-state index contributed by atoms with van der Waals surface area (Å²) in [5.41, 5.74) is -0.209. The lowest BCUT2D eigenvalue weighted by Crippen LogP contribution is -2.44. The maximum atomic E-state index is 11.0. The van der Waals surface area contributed by atoms with E-state index in [1.165, 1.54) is 0 Å². The van der Waals surface area contributed by atoms with Crippen LogP contribution in [0.25, 0.3) is 0 Å². The minimum Gasteiger partial charge on any atom is -0.480 e. The predicted molar refractivity (Wildman–Crippen MR) is 70.8 cm³/mol. The molecule has 0 saturated carbocycles.